The second-order valence-electron chi connectivity index (χ2n) is 7.23. The number of hydrogen-bond donors (Lipinski definition) is 1. The van der Waals surface area contributed by atoms with Crippen molar-refractivity contribution in [2.75, 3.05) is 26.9 Å². The van der Waals surface area contributed by atoms with Crippen LogP contribution in [0.4, 0.5) is 0 Å². The topological polar surface area (TPSA) is 65.4 Å². The number of nitrogens with zero attached hydrogens (tertiary/aromatic N) is 2. The number of aryl methyl sites for hydroxylation is 3. The van der Waals surface area contributed by atoms with Gasteiger partial charge in [0.05, 0.1) is 17.6 Å². The summed E-state index contributed by atoms with van der Waals surface area (Å²) in [5.74, 6) is 1.77. The van der Waals surface area contributed by atoms with Crippen LogP contribution in [0.3, 0.4) is 0 Å². The van der Waals surface area contributed by atoms with Crippen molar-refractivity contribution in [3.8, 4) is 5.75 Å². The molecule has 1 aromatic heterocycles. The smallest absolute Gasteiger partial charge is 0.245 e. The highest BCUT2D eigenvalue weighted by Gasteiger charge is 2.11. The third-order valence-electron chi connectivity index (χ3n) is 4.67. The average Bonchev–Trinajstić information content (AvgIpc) is 3.02. The third kappa shape index (κ3) is 5.81. The Morgan fingerprint density at radius 2 is 1.90 bits per heavy atom. The average molecular weight is 396 g/mol. The predicted molar refractivity (Wildman–Crippen MR) is 114 cm³/mol. The highest BCUT2D eigenvalue weighted by atomic mass is 16.5. The first-order valence-electron chi connectivity index (χ1n) is 9.97. The van der Waals surface area contributed by atoms with Crippen LogP contribution in [0.25, 0.3) is 11.0 Å². The Morgan fingerprint density at radius 3 is 2.66 bits per heavy atom. The van der Waals surface area contributed by atoms with Gasteiger partial charge < -0.3 is 19.4 Å². The number of benzene rings is 2. The number of nitrogens with one attached hydrogen (secondary N) is 1. The number of hydrogen-bond acceptors (Lipinski definition) is 4. The molecule has 29 heavy (non-hydrogen) atoms. The Hall–Kier alpha value is -2.86. The van der Waals surface area contributed by atoms with Gasteiger partial charge >= 0.3 is 0 Å². The van der Waals surface area contributed by atoms with Crippen molar-refractivity contribution in [1.29, 1.82) is 0 Å². The van der Waals surface area contributed by atoms with E-state index >= 15 is 0 Å². The van der Waals surface area contributed by atoms with Crippen molar-refractivity contribution >= 4 is 16.9 Å². The molecule has 0 bridgehead atoms. The van der Waals surface area contributed by atoms with Gasteiger partial charge in [-0.25, -0.2) is 4.98 Å². The van der Waals surface area contributed by atoms with Crippen LogP contribution in [0.5, 0.6) is 5.75 Å². The number of para-hydroxylation sites is 2. The fraction of sp³-hybridized carbons (Fsp3) is 0.391. The van der Waals surface area contributed by atoms with Crippen LogP contribution in [-0.2, 0) is 22.5 Å². The van der Waals surface area contributed by atoms with E-state index in [0.29, 0.717) is 19.6 Å². The molecule has 0 saturated heterocycles. The molecule has 0 fully saturated rings. The first kappa shape index (κ1) is 20.9. The Kier molecular flexibility index (Phi) is 7.25. The van der Waals surface area contributed by atoms with Crippen molar-refractivity contribution in [3.05, 3.63) is 59.4 Å². The van der Waals surface area contributed by atoms with E-state index < -0.39 is 0 Å². The molecule has 154 valence electrons. The van der Waals surface area contributed by atoms with Gasteiger partial charge in [-0.2, -0.15) is 0 Å². The maximum atomic E-state index is 11.6. The normalized spacial score (nSPS) is 11.0. The first-order chi connectivity index (χ1) is 14.1. The van der Waals surface area contributed by atoms with E-state index in [4.69, 9.17) is 14.5 Å². The maximum Gasteiger partial charge on any atom is 0.245 e. The van der Waals surface area contributed by atoms with Gasteiger partial charge in [-0.3, -0.25) is 4.79 Å². The molecule has 3 rings (SSSR count). The Labute approximate surface area is 171 Å². The van der Waals surface area contributed by atoms with Crippen molar-refractivity contribution in [1.82, 2.24) is 14.9 Å². The minimum Gasteiger partial charge on any atom is -0.494 e. The molecule has 3 aromatic rings. The minimum absolute atomic E-state index is 0.0756. The molecule has 0 saturated carbocycles. The summed E-state index contributed by atoms with van der Waals surface area (Å²) in [6.07, 6.45) is 1.54. The van der Waals surface area contributed by atoms with E-state index in [0.717, 1.165) is 35.6 Å². The summed E-state index contributed by atoms with van der Waals surface area (Å²) in [5.41, 5.74) is 4.50. The number of carbonyl (C=O) groups excluding carboxylic acids is 1. The number of methoxy groups -OCH3 is 1. The molecule has 0 atom stereocenters. The molecule has 0 unspecified atom stereocenters. The molecule has 1 amide bonds. The summed E-state index contributed by atoms with van der Waals surface area (Å²) in [7, 11) is 1.51. The van der Waals surface area contributed by atoms with Gasteiger partial charge in [0.25, 0.3) is 0 Å². The second kappa shape index (κ2) is 10.1. The lowest BCUT2D eigenvalue weighted by Crippen LogP contribution is -2.29. The minimum atomic E-state index is -0.114. The van der Waals surface area contributed by atoms with Gasteiger partial charge in [-0.1, -0.05) is 18.2 Å². The van der Waals surface area contributed by atoms with Crippen LogP contribution >= 0.6 is 0 Å². The zero-order valence-corrected chi connectivity index (χ0v) is 17.4. The lowest BCUT2D eigenvalue weighted by molar-refractivity contribution is -0.124. The Bertz CT molecular complexity index is 945. The van der Waals surface area contributed by atoms with E-state index in [1.165, 1.54) is 18.2 Å². The fourth-order valence-corrected chi connectivity index (χ4v) is 3.49. The van der Waals surface area contributed by atoms with Crippen LogP contribution < -0.4 is 10.1 Å². The molecular formula is C23H29N3O3. The molecule has 2 aromatic carbocycles. The summed E-state index contributed by atoms with van der Waals surface area (Å²) in [4.78, 5) is 16.4. The summed E-state index contributed by atoms with van der Waals surface area (Å²) >= 11 is 0. The van der Waals surface area contributed by atoms with Gasteiger partial charge in [-0.15, -0.1) is 0 Å². The first-order valence-corrected chi connectivity index (χ1v) is 9.97. The van der Waals surface area contributed by atoms with Crippen molar-refractivity contribution in [2.45, 2.75) is 33.2 Å². The number of carbonyl (C=O) groups is 1. The SMILES string of the molecule is COCC(=O)NCCc1nc2ccccc2n1CCCOc1cc(C)cc(C)c1. The molecule has 6 heteroatoms. The largest absolute Gasteiger partial charge is 0.494 e. The summed E-state index contributed by atoms with van der Waals surface area (Å²) in [5, 5.41) is 2.86. The van der Waals surface area contributed by atoms with E-state index in [1.54, 1.807) is 0 Å². The molecule has 1 N–H and O–H groups in total. The Morgan fingerprint density at radius 1 is 1.14 bits per heavy atom. The van der Waals surface area contributed by atoms with Crippen LogP contribution in [0.2, 0.25) is 0 Å². The number of amides is 1. The van der Waals surface area contributed by atoms with Crippen LogP contribution in [0.15, 0.2) is 42.5 Å². The molecule has 0 radical (unpaired) electrons. The quantitative estimate of drug-likeness (QED) is 0.534. The maximum absolute atomic E-state index is 11.6. The summed E-state index contributed by atoms with van der Waals surface area (Å²) in [6, 6.07) is 14.4. The number of rotatable bonds is 10. The number of fused-ring (bicyclic) bond motifs is 1. The second-order valence-corrected chi connectivity index (χ2v) is 7.23. The van der Waals surface area contributed by atoms with Crippen LogP contribution in [0, 0.1) is 13.8 Å². The lowest BCUT2D eigenvalue weighted by atomic mass is 10.1. The standard InChI is InChI=1S/C23H29N3O3/c1-17-13-18(2)15-19(14-17)29-12-6-11-26-21-8-5-4-7-20(21)25-22(26)9-10-24-23(27)16-28-3/h4-5,7-8,13-15H,6,9-12,16H2,1-3H3,(H,24,27). The molecule has 6 nitrogen and oxygen atoms in total. The van der Waals surface area contributed by atoms with E-state index in [-0.39, 0.29) is 12.5 Å². The van der Waals surface area contributed by atoms with Crippen LogP contribution in [-0.4, -0.2) is 42.3 Å². The molecular weight excluding hydrogens is 366 g/mol. The van der Waals surface area contributed by atoms with E-state index in [1.807, 2.05) is 18.2 Å². The van der Waals surface area contributed by atoms with Crippen molar-refractivity contribution < 1.29 is 14.3 Å². The van der Waals surface area contributed by atoms with Gasteiger partial charge in [-0.05, 0) is 55.7 Å². The molecule has 0 spiro atoms. The number of aromatic nitrogens is 2. The highest BCUT2D eigenvalue weighted by molar-refractivity contribution is 5.77. The summed E-state index contributed by atoms with van der Waals surface area (Å²) < 4.78 is 13.0. The third-order valence-corrected chi connectivity index (χ3v) is 4.67. The zero-order valence-electron chi connectivity index (χ0n) is 17.4. The van der Waals surface area contributed by atoms with Gasteiger partial charge in [0.15, 0.2) is 0 Å². The monoisotopic (exact) mass is 395 g/mol. The van der Waals surface area contributed by atoms with Crippen LogP contribution in [0.1, 0.15) is 23.4 Å². The van der Waals surface area contributed by atoms with E-state index in [9.17, 15) is 4.79 Å². The Balaban J connectivity index is 1.61. The van der Waals surface area contributed by atoms with Gasteiger partial charge in [0.1, 0.15) is 18.2 Å². The number of imidazole rings is 1. The zero-order chi connectivity index (χ0) is 20.6. The molecule has 0 aliphatic carbocycles. The lowest BCUT2D eigenvalue weighted by Gasteiger charge is -2.12. The highest BCUT2D eigenvalue weighted by Crippen LogP contribution is 2.19. The molecule has 0 aliphatic heterocycles. The fourth-order valence-electron chi connectivity index (χ4n) is 3.49. The summed E-state index contributed by atoms with van der Waals surface area (Å²) in [6.45, 7) is 6.22. The van der Waals surface area contributed by atoms with Crippen molar-refractivity contribution in [2.24, 2.45) is 0 Å². The van der Waals surface area contributed by atoms with Gasteiger partial charge in [0, 0.05) is 26.6 Å². The number of ether oxygens (including phenoxy) is 2. The molecule has 0 aliphatic rings. The van der Waals surface area contributed by atoms with Gasteiger partial charge in [0.2, 0.25) is 5.91 Å². The van der Waals surface area contributed by atoms with E-state index in [2.05, 4.69) is 48.0 Å². The van der Waals surface area contributed by atoms with Crippen molar-refractivity contribution in [3.63, 3.8) is 0 Å². The molecule has 1 heterocycles. The predicted octanol–water partition coefficient (Wildman–Crippen LogP) is 3.43.